The van der Waals surface area contributed by atoms with Crippen molar-refractivity contribution in [2.24, 2.45) is 10.8 Å². The van der Waals surface area contributed by atoms with Crippen molar-refractivity contribution < 1.29 is 14.7 Å². The Morgan fingerprint density at radius 2 is 2.06 bits per heavy atom. The molecule has 2 saturated heterocycles. The zero-order valence-electron chi connectivity index (χ0n) is 21.2. The predicted octanol–water partition coefficient (Wildman–Crippen LogP) is 1.63. The molecule has 2 amide bonds. The summed E-state index contributed by atoms with van der Waals surface area (Å²) in [4.78, 5) is 30.0. The Bertz CT molecular complexity index is 830. The molecular weight excluding hydrogens is 420 g/mol. The van der Waals surface area contributed by atoms with Crippen molar-refractivity contribution in [2.75, 3.05) is 33.2 Å². The maximum atomic E-state index is 13.6. The number of hydrogen-bond donors (Lipinski definition) is 2. The number of aryl methyl sites for hydroxylation is 1. The van der Waals surface area contributed by atoms with E-state index in [9.17, 15) is 14.7 Å². The molecule has 2 aliphatic rings. The van der Waals surface area contributed by atoms with Gasteiger partial charge in [0.2, 0.25) is 11.8 Å². The van der Waals surface area contributed by atoms with Gasteiger partial charge >= 0.3 is 0 Å². The number of carbonyl (C=O) groups is 2. The van der Waals surface area contributed by atoms with Crippen molar-refractivity contribution in [2.45, 2.75) is 84.9 Å². The number of piperidine rings is 1. The monoisotopic (exact) mass is 462 g/mol. The van der Waals surface area contributed by atoms with Crippen LogP contribution in [-0.4, -0.2) is 87.1 Å². The Kier molecular flexibility index (Phi) is 7.84. The van der Waals surface area contributed by atoms with Crippen molar-refractivity contribution in [1.82, 2.24) is 30.1 Å². The van der Waals surface area contributed by atoms with E-state index in [0.717, 1.165) is 38.2 Å². The third-order valence-electron chi connectivity index (χ3n) is 6.87. The van der Waals surface area contributed by atoms with Gasteiger partial charge in [0.1, 0.15) is 12.1 Å². The van der Waals surface area contributed by atoms with Gasteiger partial charge in [0, 0.05) is 32.8 Å². The number of carbonyl (C=O) groups excluding carboxylic acids is 2. The normalized spacial score (nSPS) is 24.6. The largest absolute Gasteiger partial charge is 0.391 e. The smallest absolute Gasteiger partial charge is 0.248 e. The number of nitrogens with one attached hydrogen (secondary N) is 1. The second kappa shape index (κ2) is 10.1. The molecule has 186 valence electrons. The maximum Gasteiger partial charge on any atom is 0.248 e. The lowest BCUT2D eigenvalue weighted by atomic mass is 9.84. The quantitative estimate of drug-likeness (QED) is 0.638. The molecule has 2 N–H and O–H groups in total. The summed E-state index contributed by atoms with van der Waals surface area (Å²) in [5.74, 6) is -0.465. The molecule has 33 heavy (non-hydrogen) atoms. The summed E-state index contributed by atoms with van der Waals surface area (Å²) in [6.45, 7) is 14.1. The molecule has 1 aromatic heterocycles. The number of hydrogen-bond acceptors (Lipinski definition) is 6. The number of nitrogens with zero attached hydrogens (tertiary/aromatic N) is 5. The Balaban J connectivity index is 1.67. The van der Waals surface area contributed by atoms with Gasteiger partial charge in [-0.3, -0.25) is 9.59 Å². The van der Waals surface area contributed by atoms with Crippen LogP contribution < -0.4 is 5.32 Å². The first-order valence-electron chi connectivity index (χ1n) is 12.2. The van der Waals surface area contributed by atoms with Crippen molar-refractivity contribution in [3.05, 3.63) is 11.9 Å². The first-order chi connectivity index (χ1) is 15.4. The van der Waals surface area contributed by atoms with Gasteiger partial charge in [0.05, 0.1) is 11.8 Å². The molecule has 3 rings (SSSR count). The van der Waals surface area contributed by atoms with E-state index in [1.165, 1.54) is 17.7 Å². The minimum Gasteiger partial charge on any atom is -0.391 e. The van der Waals surface area contributed by atoms with Gasteiger partial charge < -0.3 is 20.2 Å². The van der Waals surface area contributed by atoms with Crippen molar-refractivity contribution in [3.63, 3.8) is 0 Å². The molecule has 0 bridgehead atoms. The molecule has 2 aliphatic heterocycles. The average Bonchev–Trinajstić information content (AvgIpc) is 3.32. The lowest BCUT2D eigenvalue weighted by Gasteiger charge is -2.38. The van der Waals surface area contributed by atoms with E-state index in [1.807, 2.05) is 27.0 Å². The molecule has 0 unspecified atom stereocenters. The molecule has 0 aromatic carbocycles. The van der Waals surface area contributed by atoms with Crippen LogP contribution in [0.2, 0.25) is 0 Å². The number of aliphatic hydroxyl groups is 1. The van der Waals surface area contributed by atoms with Crippen molar-refractivity contribution in [3.8, 4) is 0 Å². The predicted molar refractivity (Wildman–Crippen MR) is 126 cm³/mol. The third kappa shape index (κ3) is 6.32. The highest BCUT2D eigenvalue weighted by Crippen LogP contribution is 2.34. The summed E-state index contributed by atoms with van der Waals surface area (Å²) in [7, 11) is 1.55. The number of rotatable bonds is 7. The van der Waals surface area contributed by atoms with E-state index in [4.69, 9.17) is 0 Å². The van der Waals surface area contributed by atoms with Gasteiger partial charge in [0.25, 0.3) is 0 Å². The molecule has 0 spiro atoms. The van der Waals surface area contributed by atoms with E-state index in [1.54, 1.807) is 11.7 Å². The summed E-state index contributed by atoms with van der Waals surface area (Å²) in [5, 5.41) is 21.4. The second-order valence-corrected chi connectivity index (χ2v) is 11.6. The molecule has 0 aliphatic carbocycles. The summed E-state index contributed by atoms with van der Waals surface area (Å²) >= 11 is 0. The number of likely N-dealkylation sites (tertiary alicyclic amines) is 2. The number of aromatic nitrogens is 3. The van der Waals surface area contributed by atoms with Crippen LogP contribution in [0.1, 0.15) is 72.0 Å². The van der Waals surface area contributed by atoms with E-state index in [2.05, 4.69) is 34.4 Å². The minimum atomic E-state index is -0.706. The summed E-state index contributed by atoms with van der Waals surface area (Å²) in [5.41, 5.74) is 0.817. The molecule has 0 saturated carbocycles. The van der Waals surface area contributed by atoms with Gasteiger partial charge in [-0.15, -0.1) is 5.10 Å². The highest BCUT2D eigenvalue weighted by molar-refractivity contribution is 5.90. The van der Waals surface area contributed by atoms with Crippen LogP contribution in [0.15, 0.2) is 6.20 Å². The molecule has 0 radical (unpaired) electrons. The highest BCUT2D eigenvalue weighted by Gasteiger charge is 2.45. The van der Waals surface area contributed by atoms with Gasteiger partial charge in [-0.1, -0.05) is 39.8 Å². The molecule has 9 nitrogen and oxygen atoms in total. The lowest BCUT2D eigenvalue weighted by Crippen LogP contribution is -2.49. The lowest BCUT2D eigenvalue weighted by molar-refractivity contribution is -0.144. The van der Waals surface area contributed by atoms with Gasteiger partial charge in [-0.25, -0.2) is 4.68 Å². The van der Waals surface area contributed by atoms with E-state index >= 15 is 0 Å². The van der Waals surface area contributed by atoms with E-state index in [-0.39, 0.29) is 24.8 Å². The fraction of sp³-hybridized carbons (Fsp3) is 0.833. The number of amides is 2. The van der Waals surface area contributed by atoms with Crippen LogP contribution in [-0.2, 0) is 16.0 Å². The molecule has 3 heterocycles. The second-order valence-electron chi connectivity index (χ2n) is 11.6. The van der Waals surface area contributed by atoms with Crippen LogP contribution in [0, 0.1) is 10.8 Å². The van der Waals surface area contributed by atoms with E-state index in [0.29, 0.717) is 5.41 Å². The van der Waals surface area contributed by atoms with Crippen molar-refractivity contribution in [1.29, 1.82) is 0 Å². The van der Waals surface area contributed by atoms with Gasteiger partial charge in [-0.2, -0.15) is 0 Å². The SMILES string of the molecule is CNC(=O)[C@@H]1C[C@@H](O)CN1C(=O)[C@@H](n1cc(CCCN2CCCC(C)(C)C2)nn1)C(C)(C)C. The summed E-state index contributed by atoms with van der Waals surface area (Å²) < 4.78 is 1.65. The highest BCUT2D eigenvalue weighted by atomic mass is 16.3. The standard InChI is InChI=1S/C24H42N6O3/c1-23(2,3)20(22(33)29-15-18(31)13-19(29)21(32)25-6)30-14-17(26-27-30)9-7-11-28-12-8-10-24(4,5)16-28/h14,18-20,31H,7-13,15-16H2,1-6H3,(H,25,32)/t18-,19+,20-/m1/s1. The molecule has 9 heteroatoms. The van der Waals surface area contributed by atoms with Crippen molar-refractivity contribution >= 4 is 11.8 Å². The van der Waals surface area contributed by atoms with Crippen LogP contribution >= 0.6 is 0 Å². The Morgan fingerprint density at radius 3 is 2.70 bits per heavy atom. The molecule has 2 fully saturated rings. The Morgan fingerprint density at radius 1 is 1.33 bits per heavy atom. The first kappa shape index (κ1) is 25.6. The molecule has 3 atom stereocenters. The zero-order chi connectivity index (χ0) is 24.4. The maximum absolute atomic E-state index is 13.6. The first-order valence-corrected chi connectivity index (χ1v) is 12.2. The van der Waals surface area contributed by atoms with E-state index < -0.39 is 23.6 Å². The van der Waals surface area contributed by atoms with Crippen LogP contribution in [0.25, 0.3) is 0 Å². The average molecular weight is 463 g/mol. The molecular formula is C24H42N6O3. The summed E-state index contributed by atoms with van der Waals surface area (Å²) in [6, 6.07) is -1.28. The fourth-order valence-corrected chi connectivity index (χ4v) is 5.28. The number of β-amino-alcohol motifs (C(OH)–C–C–N with tert-alkyl or cyclic N) is 1. The van der Waals surface area contributed by atoms with Crippen LogP contribution in [0.5, 0.6) is 0 Å². The van der Waals surface area contributed by atoms with Crippen LogP contribution in [0.4, 0.5) is 0 Å². The number of likely N-dealkylation sites (N-methyl/N-ethyl adjacent to an activating group) is 1. The Hall–Kier alpha value is -2.00. The van der Waals surface area contributed by atoms with Crippen LogP contribution in [0.3, 0.4) is 0 Å². The summed E-state index contributed by atoms with van der Waals surface area (Å²) in [6.07, 6.45) is 5.76. The van der Waals surface area contributed by atoms with Gasteiger partial charge in [-0.05, 0) is 49.6 Å². The minimum absolute atomic E-state index is 0.150. The zero-order valence-corrected chi connectivity index (χ0v) is 21.2. The Labute approximate surface area is 197 Å². The fourth-order valence-electron chi connectivity index (χ4n) is 5.28. The molecule has 1 aromatic rings. The topological polar surface area (TPSA) is 104 Å². The van der Waals surface area contributed by atoms with Gasteiger partial charge in [0.15, 0.2) is 0 Å². The third-order valence-corrected chi connectivity index (χ3v) is 6.87. The number of aliphatic hydroxyl groups excluding tert-OH is 1.